The Morgan fingerprint density at radius 3 is 2.78 bits per heavy atom. The smallest absolute Gasteiger partial charge is 0.354 e. The third-order valence-electron chi connectivity index (χ3n) is 3.58. The van der Waals surface area contributed by atoms with E-state index >= 15 is 0 Å². The molecule has 0 fully saturated rings. The number of carbonyl (C=O) groups is 1. The monoisotopic (exact) mass is 331 g/mol. The highest BCUT2D eigenvalue weighted by molar-refractivity contribution is 6.30. The van der Waals surface area contributed by atoms with Gasteiger partial charge in [-0.2, -0.15) is 0 Å². The molecule has 3 aromatic rings. The molecule has 118 valence electrons. The summed E-state index contributed by atoms with van der Waals surface area (Å²) in [6.45, 7) is 2.31. The fraction of sp³-hybridized carbons (Fsp3) is 0.188. The van der Waals surface area contributed by atoms with E-state index in [0.29, 0.717) is 28.5 Å². The van der Waals surface area contributed by atoms with Crippen molar-refractivity contribution in [3.05, 3.63) is 52.4 Å². The van der Waals surface area contributed by atoms with Gasteiger partial charge < -0.3 is 14.4 Å². The summed E-state index contributed by atoms with van der Waals surface area (Å²) in [5, 5.41) is 9.70. The summed E-state index contributed by atoms with van der Waals surface area (Å²) >= 11 is 5.98. The first-order chi connectivity index (χ1) is 11.0. The van der Waals surface area contributed by atoms with Gasteiger partial charge in [0.05, 0.1) is 13.7 Å². The molecule has 0 saturated heterocycles. The Morgan fingerprint density at radius 1 is 1.30 bits per heavy atom. The Morgan fingerprint density at radius 2 is 2.09 bits per heavy atom. The van der Waals surface area contributed by atoms with Crippen LogP contribution >= 0.6 is 11.6 Å². The second-order valence-corrected chi connectivity index (χ2v) is 5.48. The molecule has 0 bridgehead atoms. The first-order valence-electron chi connectivity index (χ1n) is 6.89. The molecule has 0 amide bonds. The van der Waals surface area contributed by atoms with E-state index in [1.54, 1.807) is 25.3 Å². The van der Waals surface area contributed by atoms with Crippen molar-refractivity contribution in [2.75, 3.05) is 7.11 Å². The minimum absolute atomic E-state index is 0.0123. The first-order valence-corrected chi connectivity index (χ1v) is 7.27. The zero-order valence-electron chi connectivity index (χ0n) is 12.6. The molecule has 0 aliphatic rings. The van der Waals surface area contributed by atoms with Gasteiger partial charge in [0, 0.05) is 10.6 Å². The molecule has 1 N–H and O–H groups in total. The predicted octanol–water partition coefficient (Wildman–Crippen LogP) is 3.15. The van der Waals surface area contributed by atoms with Gasteiger partial charge in [0.25, 0.3) is 0 Å². The number of rotatable bonds is 4. The SMILES string of the molecule is COc1cc(Cl)ccc1Cn1c(C)nc2ccc(C(=O)O)nc21. The van der Waals surface area contributed by atoms with Gasteiger partial charge in [0.1, 0.15) is 17.1 Å². The van der Waals surface area contributed by atoms with Gasteiger partial charge in [0.15, 0.2) is 11.3 Å². The molecule has 0 aliphatic carbocycles. The third kappa shape index (κ3) is 2.85. The number of carboxylic acids is 1. The molecule has 0 aliphatic heterocycles. The highest BCUT2D eigenvalue weighted by Crippen LogP contribution is 2.25. The molecule has 0 radical (unpaired) electrons. The average molecular weight is 332 g/mol. The van der Waals surface area contributed by atoms with Crippen LogP contribution in [0.3, 0.4) is 0 Å². The lowest BCUT2D eigenvalue weighted by Gasteiger charge is -2.11. The van der Waals surface area contributed by atoms with E-state index < -0.39 is 5.97 Å². The minimum Gasteiger partial charge on any atom is -0.496 e. The van der Waals surface area contributed by atoms with E-state index in [1.807, 2.05) is 17.6 Å². The first kappa shape index (κ1) is 15.3. The molecule has 7 heteroatoms. The van der Waals surface area contributed by atoms with Crippen molar-refractivity contribution in [1.82, 2.24) is 14.5 Å². The average Bonchev–Trinajstić information content (AvgIpc) is 2.84. The molecule has 23 heavy (non-hydrogen) atoms. The molecule has 0 unspecified atom stereocenters. The second-order valence-electron chi connectivity index (χ2n) is 5.05. The topological polar surface area (TPSA) is 77.2 Å². The molecule has 6 nitrogen and oxygen atoms in total. The standard InChI is InChI=1S/C16H14ClN3O3/c1-9-18-12-5-6-13(16(21)22)19-15(12)20(9)8-10-3-4-11(17)7-14(10)23-2/h3-7H,8H2,1-2H3,(H,21,22). The Bertz CT molecular complexity index is 905. The van der Waals surface area contributed by atoms with E-state index in [9.17, 15) is 4.79 Å². The normalized spacial score (nSPS) is 10.9. The van der Waals surface area contributed by atoms with E-state index in [2.05, 4.69) is 9.97 Å². The summed E-state index contributed by atoms with van der Waals surface area (Å²) in [5.74, 6) is 0.335. The third-order valence-corrected chi connectivity index (χ3v) is 3.81. The van der Waals surface area contributed by atoms with Crippen LogP contribution in [0.4, 0.5) is 0 Å². The van der Waals surface area contributed by atoms with E-state index in [0.717, 1.165) is 11.4 Å². The quantitative estimate of drug-likeness (QED) is 0.794. The summed E-state index contributed by atoms with van der Waals surface area (Å²) in [4.78, 5) is 19.8. The Hall–Kier alpha value is -2.60. The number of imidazole rings is 1. The number of carboxylic acid groups (broad SMARTS) is 1. The van der Waals surface area contributed by atoms with Crippen molar-refractivity contribution < 1.29 is 14.6 Å². The van der Waals surface area contributed by atoms with Crippen molar-refractivity contribution in [2.24, 2.45) is 0 Å². The van der Waals surface area contributed by atoms with Crippen molar-refractivity contribution in [3.8, 4) is 5.75 Å². The number of fused-ring (bicyclic) bond motifs is 1. The van der Waals surface area contributed by atoms with Crippen LogP contribution in [-0.4, -0.2) is 32.7 Å². The summed E-state index contributed by atoms with van der Waals surface area (Å²) in [5.41, 5.74) is 2.07. The van der Waals surface area contributed by atoms with Crippen LogP contribution in [0.5, 0.6) is 5.75 Å². The molecular weight excluding hydrogens is 318 g/mol. The second kappa shape index (κ2) is 5.89. The lowest BCUT2D eigenvalue weighted by molar-refractivity contribution is 0.0691. The van der Waals surface area contributed by atoms with Crippen LogP contribution in [0.2, 0.25) is 5.02 Å². The summed E-state index contributed by atoms with van der Waals surface area (Å²) < 4.78 is 7.21. The van der Waals surface area contributed by atoms with Crippen LogP contribution in [0.25, 0.3) is 11.2 Å². The number of hydrogen-bond donors (Lipinski definition) is 1. The molecule has 0 saturated carbocycles. The van der Waals surface area contributed by atoms with Crippen LogP contribution in [0.15, 0.2) is 30.3 Å². The molecule has 2 heterocycles. The zero-order valence-corrected chi connectivity index (χ0v) is 13.3. The number of methoxy groups -OCH3 is 1. The number of halogens is 1. The van der Waals surface area contributed by atoms with Crippen molar-refractivity contribution in [2.45, 2.75) is 13.5 Å². The summed E-state index contributed by atoms with van der Waals surface area (Å²) in [6, 6.07) is 8.50. The zero-order chi connectivity index (χ0) is 16.6. The van der Waals surface area contributed by atoms with E-state index in [1.165, 1.54) is 6.07 Å². The molecular formula is C16H14ClN3O3. The van der Waals surface area contributed by atoms with Crippen molar-refractivity contribution in [3.63, 3.8) is 0 Å². The number of aryl methyl sites for hydroxylation is 1. The predicted molar refractivity (Wildman–Crippen MR) is 86.3 cm³/mol. The van der Waals surface area contributed by atoms with E-state index in [-0.39, 0.29) is 5.69 Å². The highest BCUT2D eigenvalue weighted by atomic mass is 35.5. The molecule has 3 rings (SSSR count). The maximum atomic E-state index is 11.1. The number of hydrogen-bond acceptors (Lipinski definition) is 4. The van der Waals surface area contributed by atoms with Crippen molar-refractivity contribution in [1.29, 1.82) is 0 Å². The van der Waals surface area contributed by atoms with Gasteiger partial charge in [-0.05, 0) is 31.2 Å². The van der Waals surface area contributed by atoms with Gasteiger partial charge in [-0.25, -0.2) is 14.8 Å². The number of nitrogens with zero attached hydrogens (tertiary/aromatic N) is 3. The molecule has 0 atom stereocenters. The lowest BCUT2D eigenvalue weighted by Crippen LogP contribution is -2.06. The van der Waals surface area contributed by atoms with Gasteiger partial charge in [-0.15, -0.1) is 0 Å². The Balaban J connectivity index is 2.11. The van der Waals surface area contributed by atoms with E-state index in [4.69, 9.17) is 21.4 Å². The van der Waals surface area contributed by atoms with Gasteiger partial charge in [-0.3, -0.25) is 0 Å². The van der Waals surface area contributed by atoms with Crippen molar-refractivity contribution >= 4 is 28.7 Å². The minimum atomic E-state index is -1.07. The summed E-state index contributed by atoms with van der Waals surface area (Å²) in [7, 11) is 1.58. The largest absolute Gasteiger partial charge is 0.496 e. The fourth-order valence-corrected chi connectivity index (χ4v) is 2.60. The number of pyridine rings is 1. The van der Waals surface area contributed by atoms with Gasteiger partial charge >= 0.3 is 5.97 Å². The van der Waals surface area contributed by atoms with Gasteiger partial charge in [0.2, 0.25) is 0 Å². The lowest BCUT2D eigenvalue weighted by atomic mass is 10.2. The van der Waals surface area contributed by atoms with Gasteiger partial charge in [-0.1, -0.05) is 17.7 Å². The van der Waals surface area contributed by atoms with Crippen LogP contribution in [0.1, 0.15) is 21.9 Å². The maximum Gasteiger partial charge on any atom is 0.354 e. The Kier molecular flexibility index (Phi) is 3.92. The molecule has 1 aromatic carbocycles. The number of benzene rings is 1. The number of ether oxygens (including phenoxy) is 1. The van der Waals surface area contributed by atoms with Crippen LogP contribution in [0, 0.1) is 6.92 Å². The molecule has 0 spiro atoms. The Labute approximate surface area is 137 Å². The fourth-order valence-electron chi connectivity index (χ4n) is 2.44. The summed E-state index contributed by atoms with van der Waals surface area (Å²) in [6.07, 6.45) is 0. The van der Waals surface area contributed by atoms with Crippen LogP contribution < -0.4 is 4.74 Å². The van der Waals surface area contributed by atoms with Crippen LogP contribution in [-0.2, 0) is 6.54 Å². The highest BCUT2D eigenvalue weighted by Gasteiger charge is 2.14. The number of aromatic carboxylic acids is 1. The number of aromatic nitrogens is 3. The maximum absolute atomic E-state index is 11.1. The molecule has 2 aromatic heterocycles.